The molecular formula is C29H29F3N4O5S. The van der Waals surface area contributed by atoms with Crippen LogP contribution in [0, 0.1) is 0 Å². The third kappa shape index (κ3) is 4.81. The molecule has 2 aromatic carbocycles. The fourth-order valence-electron chi connectivity index (χ4n) is 6.14. The molecule has 3 aliphatic heterocycles. The summed E-state index contributed by atoms with van der Waals surface area (Å²) in [6, 6.07) is 10.7. The van der Waals surface area contributed by atoms with E-state index in [4.69, 9.17) is 9.47 Å². The van der Waals surface area contributed by atoms with Gasteiger partial charge in [-0.2, -0.15) is 18.3 Å². The maximum absolute atomic E-state index is 14.0. The van der Waals surface area contributed by atoms with Crippen molar-refractivity contribution in [2.24, 2.45) is 0 Å². The molecule has 0 atom stereocenters. The molecule has 1 aliphatic carbocycles. The normalized spacial score (nSPS) is 21.2. The van der Waals surface area contributed by atoms with E-state index in [9.17, 15) is 26.4 Å². The zero-order valence-corrected chi connectivity index (χ0v) is 23.5. The van der Waals surface area contributed by atoms with Gasteiger partial charge in [-0.1, -0.05) is 24.3 Å². The molecule has 0 bridgehead atoms. The van der Waals surface area contributed by atoms with Crippen molar-refractivity contribution in [3.8, 4) is 16.9 Å². The van der Waals surface area contributed by atoms with E-state index < -0.39 is 38.1 Å². The Morgan fingerprint density at radius 2 is 1.74 bits per heavy atom. The first-order chi connectivity index (χ1) is 20.0. The van der Waals surface area contributed by atoms with Gasteiger partial charge in [-0.3, -0.25) is 9.69 Å². The third-order valence-electron chi connectivity index (χ3n) is 8.44. The fourth-order valence-corrected chi connectivity index (χ4v) is 7.95. The van der Waals surface area contributed by atoms with Crippen LogP contribution < -0.4 is 0 Å². The topological polar surface area (TPSA) is 94.0 Å². The van der Waals surface area contributed by atoms with Crippen LogP contribution in [0.15, 0.2) is 47.4 Å². The highest BCUT2D eigenvalue weighted by atomic mass is 32.2. The lowest BCUT2D eigenvalue weighted by Gasteiger charge is -2.33. The Labute approximate surface area is 240 Å². The summed E-state index contributed by atoms with van der Waals surface area (Å²) < 4.78 is 81.7. The van der Waals surface area contributed by atoms with Crippen molar-refractivity contribution in [2.45, 2.75) is 41.8 Å². The summed E-state index contributed by atoms with van der Waals surface area (Å²) >= 11 is 0. The van der Waals surface area contributed by atoms with Crippen molar-refractivity contribution in [3.63, 3.8) is 0 Å². The van der Waals surface area contributed by atoms with Crippen LogP contribution >= 0.6 is 0 Å². The Morgan fingerprint density at radius 1 is 1.00 bits per heavy atom. The molecule has 13 heteroatoms. The van der Waals surface area contributed by atoms with E-state index in [0.29, 0.717) is 45.1 Å². The summed E-state index contributed by atoms with van der Waals surface area (Å²) in [7, 11) is -4.44. The van der Waals surface area contributed by atoms with Crippen molar-refractivity contribution in [1.82, 2.24) is 19.6 Å². The predicted molar refractivity (Wildman–Crippen MR) is 145 cm³/mol. The van der Waals surface area contributed by atoms with Gasteiger partial charge in [0, 0.05) is 37.3 Å². The number of nitrogens with zero attached hydrogens (tertiary/aromatic N) is 4. The second-order valence-electron chi connectivity index (χ2n) is 11.3. The molecule has 4 heterocycles. The molecule has 9 nitrogen and oxygen atoms in total. The van der Waals surface area contributed by atoms with Crippen molar-refractivity contribution in [2.75, 3.05) is 46.0 Å². The number of benzene rings is 2. The van der Waals surface area contributed by atoms with Crippen molar-refractivity contribution >= 4 is 15.7 Å². The van der Waals surface area contributed by atoms with Gasteiger partial charge in [0.25, 0.3) is 5.91 Å². The first-order valence-electron chi connectivity index (χ1n) is 13.9. The largest absolute Gasteiger partial charge is 0.417 e. The molecule has 1 spiro atoms. The van der Waals surface area contributed by atoms with Gasteiger partial charge in [0.2, 0.25) is 0 Å². The number of fused-ring (bicyclic) bond motifs is 3. The van der Waals surface area contributed by atoms with Gasteiger partial charge in [-0.05, 0) is 36.6 Å². The van der Waals surface area contributed by atoms with E-state index in [2.05, 4.69) is 10.00 Å². The molecule has 3 fully saturated rings. The molecule has 3 aromatic rings. The maximum atomic E-state index is 14.0. The minimum absolute atomic E-state index is 0.0632. The number of sulfone groups is 1. The monoisotopic (exact) mass is 602 g/mol. The third-order valence-corrected chi connectivity index (χ3v) is 10.2. The molecule has 0 N–H and O–H groups in total. The summed E-state index contributed by atoms with van der Waals surface area (Å²) in [5.74, 6) is -1.21. The van der Waals surface area contributed by atoms with Crippen LogP contribution in [-0.2, 0) is 37.8 Å². The lowest BCUT2D eigenvalue weighted by molar-refractivity contribution is -0.139. The van der Waals surface area contributed by atoms with Crippen molar-refractivity contribution < 1.29 is 35.9 Å². The van der Waals surface area contributed by atoms with Gasteiger partial charge in [-0.15, -0.1) is 0 Å². The van der Waals surface area contributed by atoms with Crippen LogP contribution in [0.25, 0.3) is 16.9 Å². The minimum atomic E-state index is -4.88. The van der Waals surface area contributed by atoms with E-state index in [1.165, 1.54) is 16.8 Å². The van der Waals surface area contributed by atoms with Crippen LogP contribution in [0.3, 0.4) is 0 Å². The molecule has 2 saturated heterocycles. The second-order valence-corrected chi connectivity index (χ2v) is 13.3. The van der Waals surface area contributed by atoms with Crippen LogP contribution in [0.5, 0.6) is 0 Å². The molecule has 7 rings (SSSR count). The lowest BCUT2D eigenvalue weighted by Crippen LogP contribution is -2.47. The van der Waals surface area contributed by atoms with Gasteiger partial charge in [0.05, 0.1) is 59.6 Å². The summed E-state index contributed by atoms with van der Waals surface area (Å²) in [4.78, 5) is 17.0. The van der Waals surface area contributed by atoms with Gasteiger partial charge in [-0.25, -0.2) is 13.1 Å². The SMILES string of the molecule is O=C(c1nn(-c2ccc(CN3CCOCC3)cc2)c2c1CS(=O)(=O)c1c-2cccc1C(F)(F)F)N1CCOC2(CC2)C1. The number of carbonyl (C=O) groups is 1. The van der Waals surface area contributed by atoms with Crippen LogP contribution in [-0.4, -0.2) is 85.5 Å². The number of hydrogen-bond donors (Lipinski definition) is 0. The minimum Gasteiger partial charge on any atom is -0.379 e. The predicted octanol–water partition coefficient (Wildman–Crippen LogP) is 3.68. The highest BCUT2D eigenvalue weighted by Gasteiger charge is 2.50. The average Bonchev–Trinajstić information content (AvgIpc) is 3.60. The highest BCUT2D eigenvalue weighted by Crippen LogP contribution is 2.47. The first kappa shape index (κ1) is 27.6. The van der Waals surface area contributed by atoms with Gasteiger partial charge in [0.1, 0.15) is 0 Å². The van der Waals surface area contributed by atoms with E-state index in [0.717, 1.165) is 37.6 Å². The summed E-state index contributed by atoms with van der Waals surface area (Å²) in [6.07, 6.45) is -3.21. The molecule has 222 valence electrons. The molecule has 0 radical (unpaired) electrons. The molecule has 4 aliphatic rings. The summed E-state index contributed by atoms with van der Waals surface area (Å²) in [5, 5.41) is 4.62. The number of amides is 1. The van der Waals surface area contributed by atoms with E-state index in [1.54, 1.807) is 17.0 Å². The second kappa shape index (κ2) is 9.90. The maximum Gasteiger partial charge on any atom is 0.417 e. The Morgan fingerprint density at radius 3 is 2.43 bits per heavy atom. The summed E-state index contributed by atoms with van der Waals surface area (Å²) in [5.41, 5.74) is 0.0684. The lowest BCUT2D eigenvalue weighted by atomic mass is 10.0. The standard InChI is InChI=1S/C29H29F3N4O5S/c30-29(31,32)23-3-1-2-21-25-22(17-42(38,39)26(21)23)24(27(37)35-12-15-41-28(18-35)8-9-28)33-36(25)20-6-4-19(5-7-20)16-34-10-13-40-14-11-34/h1-7H,8-18H2. The number of carbonyl (C=O) groups excluding carboxylic acids is 1. The van der Waals surface area contributed by atoms with Gasteiger partial charge in [0.15, 0.2) is 15.5 Å². The molecule has 42 heavy (non-hydrogen) atoms. The van der Waals surface area contributed by atoms with Crippen molar-refractivity contribution in [1.29, 1.82) is 0 Å². The molecular weight excluding hydrogens is 573 g/mol. The quantitative estimate of drug-likeness (QED) is 0.450. The first-order valence-corrected chi connectivity index (χ1v) is 15.6. The molecule has 0 unspecified atom stereocenters. The van der Waals surface area contributed by atoms with E-state index >= 15 is 0 Å². The number of aromatic nitrogens is 2. The van der Waals surface area contributed by atoms with Crippen LogP contribution in [0.4, 0.5) is 13.2 Å². The van der Waals surface area contributed by atoms with Crippen molar-refractivity contribution in [3.05, 3.63) is 64.8 Å². The number of morpholine rings is 2. The number of halogens is 3. The van der Waals surface area contributed by atoms with E-state index in [1.807, 2.05) is 12.1 Å². The molecule has 1 aromatic heterocycles. The zero-order valence-electron chi connectivity index (χ0n) is 22.7. The number of hydrogen-bond acceptors (Lipinski definition) is 7. The zero-order chi connectivity index (χ0) is 29.3. The Kier molecular flexibility index (Phi) is 6.50. The number of ether oxygens (including phenoxy) is 2. The Balaban J connectivity index is 1.35. The Hall–Kier alpha value is -3.26. The molecule has 1 saturated carbocycles. The fraction of sp³-hybridized carbons (Fsp3) is 0.448. The summed E-state index contributed by atoms with van der Waals surface area (Å²) in [6.45, 7) is 4.71. The number of alkyl halides is 3. The van der Waals surface area contributed by atoms with Crippen LogP contribution in [0.2, 0.25) is 0 Å². The van der Waals surface area contributed by atoms with E-state index in [-0.39, 0.29) is 28.1 Å². The molecule has 1 amide bonds. The highest BCUT2D eigenvalue weighted by molar-refractivity contribution is 7.91. The van der Waals surface area contributed by atoms with Gasteiger partial charge >= 0.3 is 6.18 Å². The Bertz CT molecular complexity index is 1660. The number of rotatable bonds is 4. The average molecular weight is 603 g/mol. The smallest absolute Gasteiger partial charge is 0.379 e. The van der Waals surface area contributed by atoms with Crippen LogP contribution in [0.1, 0.15) is 40.0 Å². The van der Waals surface area contributed by atoms with Gasteiger partial charge < -0.3 is 14.4 Å².